The number of hydrogen-bond acceptors (Lipinski definition) is 3. The summed E-state index contributed by atoms with van der Waals surface area (Å²) in [6, 6.07) is 6.56. The standard InChI is InChI=1S/C13H17ClN2O3/c1-9(5-6-17)8-15-12(18)13(19)16-11-4-2-3-10(14)7-11/h2-4,7,9,17H,5-6,8H2,1H3,(H,15,18)(H,16,19). The molecule has 0 aromatic heterocycles. The number of nitrogens with one attached hydrogen (secondary N) is 2. The summed E-state index contributed by atoms with van der Waals surface area (Å²) < 4.78 is 0. The fraction of sp³-hybridized carbons (Fsp3) is 0.385. The van der Waals surface area contributed by atoms with Crippen LogP contribution in [0.3, 0.4) is 0 Å². The number of benzene rings is 1. The Kier molecular flexibility index (Phi) is 6.32. The van der Waals surface area contributed by atoms with Gasteiger partial charge in [-0.1, -0.05) is 24.6 Å². The first-order chi connectivity index (χ1) is 9.02. The van der Waals surface area contributed by atoms with E-state index in [2.05, 4.69) is 10.6 Å². The summed E-state index contributed by atoms with van der Waals surface area (Å²) >= 11 is 5.77. The van der Waals surface area contributed by atoms with Crippen LogP contribution < -0.4 is 10.6 Å². The molecule has 0 radical (unpaired) electrons. The summed E-state index contributed by atoms with van der Waals surface area (Å²) in [4.78, 5) is 23.1. The molecule has 0 spiro atoms. The van der Waals surface area contributed by atoms with Gasteiger partial charge in [0.25, 0.3) is 0 Å². The number of hydrogen-bond donors (Lipinski definition) is 3. The molecule has 6 heteroatoms. The van der Waals surface area contributed by atoms with E-state index in [4.69, 9.17) is 16.7 Å². The van der Waals surface area contributed by atoms with E-state index in [0.29, 0.717) is 23.7 Å². The first kappa shape index (κ1) is 15.5. The molecule has 0 saturated carbocycles. The van der Waals surface area contributed by atoms with E-state index >= 15 is 0 Å². The van der Waals surface area contributed by atoms with Crippen molar-refractivity contribution in [3.05, 3.63) is 29.3 Å². The molecule has 1 aromatic carbocycles. The van der Waals surface area contributed by atoms with Gasteiger partial charge in [0.1, 0.15) is 0 Å². The highest BCUT2D eigenvalue weighted by Crippen LogP contribution is 2.14. The first-order valence-corrected chi connectivity index (χ1v) is 6.36. The predicted molar refractivity (Wildman–Crippen MR) is 74.0 cm³/mol. The van der Waals surface area contributed by atoms with E-state index in [0.717, 1.165) is 0 Å². The molecule has 0 aliphatic carbocycles. The molecule has 0 aliphatic heterocycles. The molecule has 0 bridgehead atoms. The zero-order valence-corrected chi connectivity index (χ0v) is 11.4. The molecule has 1 rings (SSSR count). The highest BCUT2D eigenvalue weighted by Gasteiger charge is 2.14. The minimum absolute atomic E-state index is 0.0613. The second-order valence-corrected chi connectivity index (χ2v) is 4.73. The minimum atomic E-state index is -0.738. The van der Waals surface area contributed by atoms with Crippen LogP contribution in [-0.4, -0.2) is 30.1 Å². The SMILES string of the molecule is CC(CCO)CNC(=O)C(=O)Nc1cccc(Cl)c1. The van der Waals surface area contributed by atoms with Gasteiger partial charge >= 0.3 is 11.8 Å². The molecule has 5 nitrogen and oxygen atoms in total. The average molecular weight is 285 g/mol. The number of amides is 2. The van der Waals surface area contributed by atoms with Crippen molar-refractivity contribution in [2.75, 3.05) is 18.5 Å². The quantitative estimate of drug-likeness (QED) is 0.716. The summed E-state index contributed by atoms with van der Waals surface area (Å²) in [6.07, 6.45) is 0.580. The van der Waals surface area contributed by atoms with Crippen molar-refractivity contribution in [3.63, 3.8) is 0 Å². The largest absolute Gasteiger partial charge is 0.396 e. The van der Waals surface area contributed by atoms with Crippen LogP contribution in [0.15, 0.2) is 24.3 Å². The smallest absolute Gasteiger partial charge is 0.313 e. The van der Waals surface area contributed by atoms with Gasteiger partial charge in [-0.05, 0) is 30.5 Å². The molecule has 0 saturated heterocycles. The molecule has 1 unspecified atom stereocenters. The maximum atomic E-state index is 11.6. The summed E-state index contributed by atoms with van der Waals surface area (Å²) in [5, 5.41) is 14.2. The van der Waals surface area contributed by atoms with Crippen molar-refractivity contribution in [2.24, 2.45) is 5.92 Å². The molecule has 19 heavy (non-hydrogen) atoms. The second-order valence-electron chi connectivity index (χ2n) is 4.29. The van der Waals surface area contributed by atoms with Gasteiger partial charge in [-0.15, -0.1) is 0 Å². The minimum Gasteiger partial charge on any atom is -0.396 e. The van der Waals surface area contributed by atoms with Crippen LogP contribution in [0.1, 0.15) is 13.3 Å². The number of aliphatic hydroxyl groups is 1. The molecule has 0 heterocycles. The zero-order valence-electron chi connectivity index (χ0n) is 10.6. The lowest BCUT2D eigenvalue weighted by molar-refractivity contribution is -0.136. The zero-order chi connectivity index (χ0) is 14.3. The van der Waals surface area contributed by atoms with Gasteiger partial charge in [0.2, 0.25) is 0 Å². The van der Waals surface area contributed by atoms with Crippen LogP contribution >= 0.6 is 11.6 Å². The normalized spacial score (nSPS) is 11.7. The highest BCUT2D eigenvalue weighted by atomic mass is 35.5. The number of carbonyl (C=O) groups is 2. The number of anilines is 1. The Morgan fingerprint density at radius 3 is 2.74 bits per heavy atom. The van der Waals surface area contributed by atoms with Crippen LogP contribution in [0.4, 0.5) is 5.69 Å². The van der Waals surface area contributed by atoms with Crippen molar-refractivity contribution in [2.45, 2.75) is 13.3 Å². The Balaban J connectivity index is 2.43. The van der Waals surface area contributed by atoms with Crippen LogP contribution in [0.5, 0.6) is 0 Å². The van der Waals surface area contributed by atoms with E-state index in [1.807, 2.05) is 6.92 Å². The Morgan fingerprint density at radius 1 is 1.37 bits per heavy atom. The van der Waals surface area contributed by atoms with Crippen LogP contribution in [-0.2, 0) is 9.59 Å². The second kappa shape index (κ2) is 7.76. The maximum absolute atomic E-state index is 11.6. The Bertz CT molecular complexity index is 451. The number of rotatable bonds is 5. The topological polar surface area (TPSA) is 78.4 Å². The number of halogens is 1. The Morgan fingerprint density at radius 2 is 2.11 bits per heavy atom. The molecular weight excluding hydrogens is 268 g/mol. The molecule has 1 aromatic rings. The van der Waals surface area contributed by atoms with Crippen molar-refractivity contribution in [1.29, 1.82) is 0 Å². The molecule has 0 fully saturated rings. The molecule has 0 aliphatic rings. The highest BCUT2D eigenvalue weighted by molar-refractivity contribution is 6.39. The average Bonchev–Trinajstić information content (AvgIpc) is 2.36. The lowest BCUT2D eigenvalue weighted by Gasteiger charge is -2.11. The van der Waals surface area contributed by atoms with E-state index in [1.54, 1.807) is 24.3 Å². The molecule has 2 amide bonds. The van der Waals surface area contributed by atoms with Crippen molar-refractivity contribution in [1.82, 2.24) is 5.32 Å². The third kappa shape index (κ3) is 5.72. The number of carbonyl (C=O) groups excluding carboxylic acids is 2. The molecule has 104 valence electrons. The Labute approximate surface area is 117 Å². The van der Waals surface area contributed by atoms with E-state index in [9.17, 15) is 9.59 Å². The summed E-state index contributed by atoms with van der Waals surface area (Å²) in [6.45, 7) is 2.29. The van der Waals surface area contributed by atoms with Crippen LogP contribution in [0.25, 0.3) is 0 Å². The van der Waals surface area contributed by atoms with Gasteiger partial charge in [0.15, 0.2) is 0 Å². The van der Waals surface area contributed by atoms with E-state index in [-0.39, 0.29) is 12.5 Å². The Hall–Kier alpha value is -1.59. The van der Waals surface area contributed by atoms with Crippen molar-refractivity contribution < 1.29 is 14.7 Å². The van der Waals surface area contributed by atoms with E-state index < -0.39 is 11.8 Å². The van der Waals surface area contributed by atoms with Gasteiger partial charge in [-0.3, -0.25) is 9.59 Å². The third-order valence-electron chi connectivity index (χ3n) is 2.52. The van der Waals surface area contributed by atoms with E-state index in [1.165, 1.54) is 0 Å². The summed E-state index contributed by atoms with van der Waals surface area (Å²) in [7, 11) is 0. The maximum Gasteiger partial charge on any atom is 0.313 e. The van der Waals surface area contributed by atoms with Gasteiger partial charge in [0, 0.05) is 23.9 Å². The molecule has 3 N–H and O–H groups in total. The van der Waals surface area contributed by atoms with Gasteiger partial charge in [-0.2, -0.15) is 0 Å². The van der Waals surface area contributed by atoms with Crippen molar-refractivity contribution >= 4 is 29.1 Å². The third-order valence-corrected chi connectivity index (χ3v) is 2.76. The van der Waals surface area contributed by atoms with Gasteiger partial charge in [-0.25, -0.2) is 0 Å². The molecule has 1 atom stereocenters. The first-order valence-electron chi connectivity index (χ1n) is 5.98. The van der Waals surface area contributed by atoms with Crippen LogP contribution in [0, 0.1) is 5.92 Å². The lowest BCUT2D eigenvalue weighted by atomic mass is 10.1. The van der Waals surface area contributed by atoms with Gasteiger partial charge < -0.3 is 15.7 Å². The van der Waals surface area contributed by atoms with Gasteiger partial charge in [0.05, 0.1) is 0 Å². The lowest BCUT2D eigenvalue weighted by Crippen LogP contribution is -2.37. The monoisotopic (exact) mass is 284 g/mol. The van der Waals surface area contributed by atoms with Crippen LogP contribution in [0.2, 0.25) is 5.02 Å². The summed E-state index contributed by atoms with van der Waals surface area (Å²) in [5.41, 5.74) is 0.469. The fourth-order valence-electron chi connectivity index (χ4n) is 1.42. The fourth-order valence-corrected chi connectivity index (χ4v) is 1.61. The predicted octanol–water partition coefficient (Wildman–Crippen LogP) is 1.41. The molecular formula is C13H17ClN2O3. The number of aliphatic hydroxyl groups excluding tert-OH is 1. The van der Waals surface area contributed by atoms with Crippen molar-refractivity contribution in [3.8, 4) is 0 Å². The summed E-state index contributed by atoms with van der Waals surface area (Å²) in [5.74, 6) is -1.32.